The molecule has 192 valence electrons. The van der Waals surface area contributed by atoms with Crippen LogP contribution in [0, 0.1) is 0 Å². The molecule has 0 amide bonds. The van der Waals surface area contributed by atoms with Gasteiger partial charge in [-0.25, -0.2) is 0 Å². The quantitative estimate of drug-likeness (QED) is 0.200. The molecule has 0 spiro atoms. The minimum atomic E-state index is -4.63. The first kappa shape index (κ1) is 32.6. The number of hydrogen-bond donors (Lipinski definition) is 0. The summed E-state index contributed by atoms with van der Waals surface area (Å²) in [7, 11) is -8.39. The molecule has 0 bridgehead atoms. The van der Waals surface area contributed by atoms with E-state index in [-0.39, 0.29) is 0 Å². The highest BCUT2D eigenvalue weighted by Crippen LogP contribution is 2.32. The van der Waals surface area contributed by atoms with E-state index in [1.807, 2.05) is 0 Å². The van der Waals surface area contributed by atoms with Gasteiger partial charge in [0.1, 0.15) is 0 Å². The van der Waals surface area contributed by atoms with E-state index in [0.717, 1.165) is 0 Å². The van der Waals surface area contributed by atoms with Crippen molar-refractivity contribution in [3.63, 3.8) is 0 Å². The van der Waals surface area contributed by atoms with Crippen LogP contribution in [0.2, 0.25) is 0 Å². The predicted molar refractivity (Wildman–Crippen MR) is 130 cm³/mol. The van der Waals surface area contributed by atoms with E-state index in [2.05, 4.69) is 26.3 Å². The molecule has 17 heteroatoms. The molecule has 0 saturated carbocycles. The summed E-state index contributed by atoms with van der Waals surface area (Å²) in [5, 5.41) is 0. The van der Waals surface area contributed by atoms with Gasteiger partial charge in [-0.05, 0) is 22.8 Å². The molecular weight excluding hydrogens is 525 g/mol. The van der Waals surface area contributed by atoms with E-state index in [4.69, 9.17) is 51.9 Å². The lowest BCUT2D eigenvalue weighted by Gasteiger charge is -2.43. The molecule has 0 heterocycles. The van der Waals surface area contributed by atoms with Gasteiger partial charge in [0.2, 0.25) is 0 Å². The van der Waals surface area contributed by atoms with E-state index in [0.29, 0.717) is 0 Å². The molecule has 0 aliphatic rings. The molecule has 33 heavy (non-hydrogen) atoms. The van der Waals surface area contributed by atoms with Crippen molar-refractivity contribution in [2.75, 3.05) is 56.9 Å². The second kappa shape index (κ2) is 14.2. The average molecular weight is 561 g/mol. The molecule has 0 rings (SSSR count). The fraction of sp³-hybridized carbons (Fsp3) is 0.500. The lowest BCUT2D eigenvalue weighted by Crippen LogP contribution is -2.71. The van der Waals surface area contributed by atoms with E-state index >= 15 is 0 Å². The van der Waals surface area contributed by atoms with Crippen LogP contribution in [-0.2, 0) is 51.9 Å². The van der Waals surface area contributed by atoms with Gasteiger partial charge in [0.15, 0.2) is 0 Å². The van der Waals surface area contributed by atoms with Crippen molar-refractivity contribution in [1.29, 1.82) is 0 Å². The second-order valence-electron chi connectivity index (χ2n) is 5.77. The molecule has 0 saturated heterocycles. The lowest BCUT2D eigenvalue weighted by molar-refractivity contribution is 0.0131. The van der Waals surface area contributed by atoms with Crippen LogP contribution in [0.3, 0.4) is 0 Å². The normalized spacial score (nSPS) is 13.6. The monoisotopic (exact) mass is 560 g/mol. The van der Waals surface area contributed by atoms with Gasteiger partial charge in [0.25, 0.3) is 0 Å². The molecule has 0 aromatic rings. The fourth-order valence-corrected chi connectivity index (χ4v) is 17.1. The average Bonchev–Trinajstić information content (AvgIpc) is 2.88. The predicted octanol–water partition coefficient (Wildman–Crippen LogP) is 1.32. The Kier molecular flexibility index (Phi) is 14.0. The summed E-state index contributed by atoms with van der Waals surface area (Å²) in [5.41, 5.74) is 5.42. The molecule has 0 N–H and O–H groups in total. The Balaban J connectivity index is 7.23. The Morgan fingerprint density at radius 3 is 0.606 bits per heavy atom. The van der Waals surface area contributed by atoms with Gasteiger partial charge >= 0.3 is 44.3 Å². The minimum absolute atomic E-state index is 1.36. The van der Waals surface area contributed by atoms with Crippen molar-refractivity contribution in [2.24, 2.45) is 0 Å². The smallest absolute Gasteiger partial charge is 0.374 e. The molecule has 0 atom stereocenters. The van der Waals surface area contributed by atoms with E-state index in [9.17, 15) is 0 Å². The van der Waals surface area contributed by atoms with Gasteiger partial charge in [-0.3, -0.25) is 0 Å². The zero-order valence-electron chi connectivity index (χ0n) is 20.5. The van der Waals surface area contributed by atoms with Crippen molar-refractivity contribution in [3.8, 4) is 0 Å². The highest BCUT2D eigenvalue weighted by atomic mass is 28.6. The summed E-state index contributed by atoms with van der Waals surface area (Å²) < 4.78 is 69.4. The summed E-state index contributed by atoms with van der Waals surface area (Å²) in [6, 6.07) is 0. The Morgan fingerprint density at radius 1 is 0.364 bits per heavy atom. The van der Waals surface area contributed by atoms with Crippen LogP contribution in [0.1, 0.15) is 0 Å². The maximum atomic E-state index is 6.29. The summed E-state index contributed by atoms with van der Waals surface area (Å²) >= 11 is 0. The molecular formula is C16H36O12Si5. The molecule has 0 fully saturated rings. The second-order valence-corrected chi connectivity index (χ2v) is 19.8. The fourth-order valence-electron chi connectivity index (χ4n) is 2.32. The van der Waals surface area contributed by atoms with Crippen LogP contribution in [0.15, 0.2) is 49.1 Å². The standard InChI is InChI=1S/C16H36O12Si5/c1-13-29(17-5,18-6)25-33(26-30(14-2,19-7)20-8,27-31(15-3,21-9)22-10)28-32(16-4,23-11)24-12/h13-16H,1-4H2,5-12H3. The van der Waals surface area contributed by atoms with Crippen LogP contribution < -0.4 is 0 Å². The first-order valence-electron chi connectivity index (χ1n) is 9.32. The van der Waals surface area contributed by atoms with Crippen LogP contribution in [-0.4, -0.2) is 101 Å². The van der Waals surface area contributed by atoms with Crippen LogP contribution >= 0.6 is 0 Å². The van der Waals surface area contributed by atoms with E-state index in [1.54, 1.807) is 0 Å². The molecule has 0 unspecified atom stereocenters. The van der Waals surface area contributed by atoms with Gasteiger partial charge in [-0.2, -0.15) is 0 Å². The highest BCUT2D eigenvalue weighted by molar-refractivity contribution is 6.89. The van der Waals surface area contributed by atoms with E-state index < -0.39 is 44.3 Å². The third-order valence-electron chi connectivity index (χ3n) is 4.35. The van der Waals surface area contributed by atoms with Gasteiger partial charge < -0.3 is 51.9 Å². The summed E-state index contributed by atoms with van der Waals surface area (Å²) in [6.45, 7) is 15.0. The molecule has 12 nitrogen and oxygen atoms in total. The number of rotatable bonds is 20. The van der Waals surface area contributed by atoms with Crippen molar-refractivity contribution >= 4 is 44.3 Å². The van der Waals surface area contributed by atoms with Gasteiger partial charge in [0.05, 0.1) is 0 Å². The van der Waals surface area contributed by atoms with Gasteiger partial charge in [0, 0.05) is 56.9 Å². The van der Waals surface area contributed by atoms with Crippen molar-refractivity contribution in [3.05, 3.63) is 49.1 Å². The van der Waals surface area contributed by atoms with Gasteiger partial charge in [-0.1, -0.05) is 26.3 Å². The molecule has 0 aromatic carbocycles. The summed E-state index contributed by atoms with van der Waals surface area (Å²) in [6.07, 6.45) is 0. The first-order chi connectivity index (χ1) is 15.6. The van der Waals surface area contributed by atoms with Crippen LogP contribution in [0.5, 0.6) is 0 Å². The lowest BCUT2D eigenvalue weighted by atomic mass is 11.3. The summed E-state index contributed by atoms with van der Waals surface area (Å²) in [5.74, 6) is 0. The van der Waals surface area contributed by atoms with Crippen molar-refractivity contribution in [2.45, 2.75) is 0 Å². The molecule has 0 aliphatic carbocycles. The Bertz CT molecular complexity index is 526. The molecule has 0 aliphatic heterocycles. The van der Waals surface area contributed by atoms with Crippen LogP contribution in [0.25, 0.3) is 0 Å². The Labute approximate surface area is 202 Å². The van der Waals surface area contributed by atoms with Crippen molar-refractivity contribution < 1.29 is 51.9 Å². The maximum Gasteiger partial charge on any atom is 0.650 e. The van der Waals surface area contributed by atoms with E-state index in [1.165, 1.54) is 79.7 Å². The van der Waals surface area contributed by atoms with Crippen molar-refractivity contribution in [1.82, 2.24) is 0 Å². The highest BCUT2D eigenvalue weighted by Gasteiger charge is 2.68. The minimum Gasteiger partial charge on any atom is -0.374 e. The molecule has 0 radical (unpaired) electrons. The van der Waals surface area contributed by atoms with Gasteiger partial charge in [-0.15, -0.1) is 0 Å². The Morgan fingerprint density at radius 2 is 0.515 bits per heavy atom. The van der Waals surface area contributed by atoms with Crippen LogP contribution in [0.4, 0.5) is 0 Å². The zero-order chi connectivity index (χ0) is 25.8. The zero-order valence-corrected chi connectivity index (χ0v) is 25.5. The largest absolute Gasteiger partial charge is 0.650 e. The summed E-state index contributed by atoms with van der Waals surface area (Å²) in [4.78, 5) is 0. The first-order valence-corrected chi connectivity index (χ1v) is 18.2. The molecule has 0 aromatic heterocycles. The Hall–Kier alpha value is -0.436. The number of hydrogen-bond acceptors (Lipinski definition) is 12. The third-order valence-corrected chi connectivity index (χ3v) is 19.4. The maximum absolute atomic E-state index is 6.29. The topological polar surface area (TPSA) is 111 Å². The third kappa shape index (κ3) is 7.78. The SMILES string of the molecule is C=C[Si](OC)(OC)O[Si](O[Si](C=C)(OC)OC)(O[Si](C=C)(OC)OC)O[Si](C=C)(OC)OC.